The topological polar surface area (TPSA) is 46.5 Å². The van der Waals surface area contributed by atoms with E-state index in [1.54, 1.807) is 6.07 Å². The lowest BCUT2D eigenvalue weighted by Crippen LogP contribution is -2.21. The van der Waals surface area contributed by atoms with Gasteiger partial charge >= 0.3 is 5.97 Å². The molecule has 0 aliphatic heterocycles. The molecule has 0 saturated carbocycles. The van der Waals surface area contributed by atoms with Gasteiger partial charge in [0.15, 0.2) is 5.38 Å². The van der Waals surface area contributed by atoms with Crippen LogP contribution in [0.15, 0.2) is 18.2 Å². The van der Waals surface area contributed by atoms with E-state index in [1.807, 2.05) is 26.0 Å². The van der Waals surface area contributed by atoms with Crippen molar-refractivity contribution in [2.24, 2.45) is 0 Å². The van der Waals surface area contributed by atoms with Crippen molar-refractivity contribution in [1.82, 2.24) is 0 Å². The molecule has 1 rings (SSSR count). The summed E-state index contributed by atoms with van der Waals surface area (Å²) in [5, 5.41) is 7.56. The van der Waals surface area contributed by atoms with Crippen LogP contribution in [0.25, 0.3) is 0 Å². The van der Waals surface area contributed by atoms with Crippen molar-refractivity contribution >= 4 is 17.6 Å². The minimum Gasteiger partial charge on any atom is -0.491 e. The second-order valence-electron chi connectivity index (χ2n) is 3.31. The van der Waals surface area contributed by atoms with Crippen molar-refractivity contribution < 1.29 is 14.6 Å². The predicted molar refractivity (Wildman–Crippen MR) is 58.7 cm³/mol. The zero-order chi connectivity index (χ0) is 11.4. The Balaban J connectivity index is 2.66. The Hall–Kier alpha value is -1.22. The molecule has 1 aromatic carbocycles. The highest BCUT2D eigenvalue weighted by Gasteiger charge is 2.14. The van der Waals surface area contributed by atoms with E-state index < -0.39 is 11.3 Å². The number of hydrogen-bond acceptors (Lipinski definition) is 2. The smallest absolute Gasteiger partial charge is 0.325 e. The fourth-order valence-corrected chi connectivity index (χ4v) is 1.18. The molecule has 82 valence electrons. The van der Waals surface area contributed by atoms with Gasteiger partial charge in [0, 0.05) is 0 Å². The number of halogens is 1. The number of hydrogen-bond donors (Lipinski definition) is 1. The first-order valence-electron chi connectivity index (χ1n) is 4.58. The molecular weight excluding hydrogens is 216 g/mol. The van der Waals surface area contributed by atoms with E-state index in [9.17, 15) is 4.79 Å². The van der Waals surface area contributed by atoms with E-state index in [0.717, 1.165) is 11.1 Å². The van der Waals surface area contributed by atoms with Gasteiger partial charge in [0.2, 0.25) is 0 Å². The zero-order valence-corrected chi connectivity index (χ0v) is 9.41. The van der Waals surface area contributed by atoms with E-state index in [2.05, 4.69) is 0 Å². The van der Waals surface area contributed by atoms with Crippen molar-refractivity contribution in [3.8, 4) is 5.75 Å². The molecule has 0 aromatic heterocycles. The summed E-state index contributed by atoms with van der Waals surface area (Å²) in [5.41, 5.74) is 2.11. The van der Waals surface area contributed by atoms with Crippen LogP contribution in [0, 0.1) is 13.8 Å². The Morgan fingerprint density at radius 1 is 1.53 bits per heavy atom. The summed E-state index contributed by atoms with van der Waals surface area (Å²) in [4.78, 5) is 10.5. The first-order valence-corrected chi connectivity index (χ1v) is 5.02. The molecule has 0 heterocycles. The summed E-state index contributed by atoms with van der Waals surface area (Å²) in [6, 6.07) is 5.63. The fraction of sp³-hybridized carbons (Fsp3) is 0.364. The lowest BCUT2D eigenvalue weighted by molar-refractivity contribution is -0.137. The Bertz CT molecular complexity index is 363. The molecule has 0 saturated heterocycles. The summed E-state index contributed by atoms with van der Waals surface area (Å²) in [6.45, 7) is 3.87. The van der Waals surface area contributed by atoms with Crippen LogP contribution >= 0.6 is 11.6 Å². The lowest BCUT2D eigenvalue weighted by atomic mass is 10.1. The molecule has 1 atom stereocenters. The molecule has 0 amide bonds. The second-order valence-corrected chi connectivity index (χ2v) is 3.84. The number of carboxylic acid groups (broad SMARTS) is 1. The van der Waals surface area contributed by atoms with Crippen LogP contribution in [0.3, 0.4) is 0 Å². The predicted octanol–water partition coefficient (Wildman–Crippen LogP) is 2.37. The minimum atomic E-state index is -1.07. The molecule has 0 aliphatic carbocycles. The summed E-state index contributed by atoms with van der Waals surface area (Å²) >= 11 is 5.53. The van der Waals surface area contributed by atoms with Gasteiger partial charge in [-0.2, -0.15) is 0 Å². The van der Waals surface area contributed by atoms with Crippen molar-refractivity contribution in [2.45, 2.75) is 19.2 Å². The van der Waals surface area contributed by atoms with E-state index in [-0.39, 0.29) is 6.61 Å². The molecule has 4 heteroatoms. The van der Waals surface area contributed by atoms with Gasteiger partial charge < -0.3 is 9.84 Å². The van der Waals surface area contributed by atoms with Crippen molar-refractivity contribution in [3.63, 3.8) is 0 Å². The van der Waals surface area contributed by atoms with E-state index in [1.165, 1.54) is 0 Å². The summed E-state index contributed by atoms with van der Waals surface area (Å²) < 4.78 is 5.33. The molecule has 0 aliphatic rings. The van der Waals surface area contributed by atoms with Crippen LogP contribution < -0.4 is 4.74 Å². The SMILES string of the molecule is Cc1cccc(OCC(Cl)C(=O)O)c1C. The molecule has 0 fully saturated rings. The van der Waals surface area contributed by atoms with Crippen LogP contribution in [0.1, 0.15) is 11.1 Å². The van der Waals surface area contributed by atoms with Crippen molar-refractivity contribution in [2.75, 3.05) is 6.61 Å². The van der Waals surface area contributed by atoms with Gasteiger partial charge in [0.25, 0.3) is 0 Å². The van der Waals surface area contributed by atoms with Crippen molar-refractivity contribution in [3.05, 3.63) is 29.3 Å². The highest BCUT2D eigenvalue weighted by atomic mass is 35.5. The van der Waals surface area contributed by atoms with Crippen molar-refractivity contribution in [1.29, 1.82) is 0 Å². The number of aryl methyl sites for hydroxylation is 1. The molecule has 3 nitrogen and oxygen atoms in total. The highest BCUT2D eigenvalue weighted by Crippen LogP contribution is 2.20. The maximum atomic E-state index is 10.5. The number of benzene rings is 1. The minimum absolute atomic E-state index is 0.0266. The van der Waals surface area contributed by atoms with Crippen LogP contribution in [0.5, 0.6) is 5.75 Å². The standard InChI is InChI=1S/C11H13ClO3/c1-7-4-3-5-10(8(7)2)15-6-9(12)11(13)14/h3-5,9H,6H2,1-2H3,(H,13,14). The first-order chi connectivity index (χ1) is 7.02. The number of alkyl halides is 1. The van der Waals surface area contributed by atoms with Gasteiger partial charge in [0.1, 0.15) is 12.4 Å². The van der Waals surface area contributed by atoms with E-state index >= 15 is 0 Å². The van der Waals surface area contributed by atoms with Gasteiger partial charge in [-0.25, -0.2) is 0 Å². The Kier molecular flexibility index (Phi) is 3.97. The number of aliphatic carboxylic acids is 1. The fourth-order valence-electron chi connectivity index (χ4n) is 1.11. The third-order valence-corrected chi connectivity index (χ3v) is 2.52. The maximum absolute atomic E-state index is 10.5. The average Bonchev–Trinajstić information content (AvgIpc) is 2.19. The molecule has 1 unspecified atom stereocenters. The molecule has 0 radical (unpaired) electrons. The van der Waals surface area contributed by atoms with Gasteiger partial charge in [0.05, 0.1) is 0 Å². The summed E-state index contributed by atoms with van der Waals surface area (Å²) in [7, 11) is 0. The largest absolute Gasteiger partial charge is 0.491 e. The van der Waals surface area contributed by atoms with E-state index in [4.69, 9.17) is 21.4 Å². The van der Waals surface area contributed by atoms with Gasteiger partial charge in [-0.3, -0.25) is 4.79 Å². The third-order valence-electron chi connectivity index (χ3n) is 2.21. The van der Waals surface area contributed by atoms with Crippen LogP contribution in [0.2, 0.25) is 0 Å². The summed E-state index contributed by atoms with van der Waals surface area (Å²) in [5.74, 6) is -0.385. The Labute approximate surface area is 93.6 Å². The third kappa shape index (κ3) is 3.13. The molecule has 15 heavy (non-hydrogen) atoms. The number of ether oxygens (including phenoxy) is 1. The van der Waals surface area contributed by atoms with Gasteiger partial charge in [-0.05, 0) is 31.0 Å². The quantitative estimate of drug-likeness (QED) is 0.805. The Morgan fingerprint density at radius 3 is 2.80 bits per heavy atom. The van der Waals surface area contributed by atoms with Crippen LogP contribution in [-0.2, 0) is 4.79 Å². The normalized spacial score (nSPS) is 12.2. The maximum Gasteiger partial charge on any atom is 0.325 e. The van der Waals surface area contributed by atoms with Crippen LogP contribution in [0.4, 0.5) is 0 Å². The molecule has 1 N–H and O–H groups in total. The molecule has 0 bridgehead atoms. The number of rotatable bonds is 4. The lowest BCUT2D eigenvalue weighted by Gasteiger charge is -2.11. The molecular formula is C11H13ClO3. The van der Waals surface area contributed by atoms with Gasteiger partial charge in [-0.15, -0.1) is 11.6 Å². The van der Waals surface area contributed by atoms with Gasteiger partial charge in [-0.1, -0.05) is 12.1 Å². The monoisotopic (exact) mass is 228 g/mol. The number of carboxylic acids is 1. The summed E-state index contributed by atoms with van der Waals surface area (Å²) in [6.07, 6.45) is 0. The number of carbonyl (C=O) groups is 1. The Morgan fingerprint density at radius 2 is 2.20 bits per heavy atom. The second kappa shape index (κ2) is 5.03. The van der Waals surface area contributed by atoms with Crippen LogP contribution in [-0.4, -0.2) is 23.1 Å². The average molecular weight is 229 g/mol. The molecule has 0 spiro atoms. The molecule has 1 aromatic rings. The zero-order valence-electron chi connectivity index (χ0n) is 8.66. The first kappa shape index (κ1) is 11.9. The van der Waals surface area contributed by atoms with E-state index in [0.29, 0.717) is 5.75 Å². The highest BCUT2D eigenvalue weighted by molar-refractivity contribution is 6.29.